The molecule has 1 heterocycles. The minimum Gasteiger partial charge on any atom is -0.319 e. The summed E-state index contributed by atoms with van der Waals surface area (Å²) in [6.07, 6.45) is 0.0911. The molecule has 3 rings (SSSR count). The third-order valence-corrected chi connectivity index (χ3v) is 5.83. The van der Waals surface area contributed by atoms with E-state index in [0.717, 1.165) is 10.5 Å². The van der Waals surface area contributed by atoms with Crippen molar-refractivity contribution in [3.05, 3.63) is 63.6 Å². The first-order valence-corrected chi connectivity index (χ1v) is 10.3. The number of hydrogen-bond donors (Lipinski definition) is 1. The minimum atomic E-state index is -1.34. The zero-order chi connectivity index (χ0) is 22.8. The highest BCUT2D eigenvalue weighted by Crippen LogP contribution is 2.30. The first-order chi connectivity index (χ1) is 14.7. The van der Waals surface area contributed by atoms with Crippen molar-refractivity contribution >= 4 is 46.7 Å². The van der Waals surface area contributed by atoms with Crippen LogP contribution in [0.4, 0.5) is 10.5 Å². The Labute approximate surface area is 190 Å². The van der Waals surface area contributed by atoms with Gasteiger partial charge in [0.15, 0.2) is 0 Å². The van der Waals surface area contributed by atoms with Gasteiger partial charge in [-0.15, -0.1) is 0 Å². The molecular formula is C22H20Cl2N4O3. The van der Waals surface area contributed by atoms with Crippen LogP contribution in [0.15, 0.2) is 42.5 Å². The summed E-state index contributed by atoms with van der Waals surface area (Å²) in [7, 11) is 0. The molecule has 1 unspecified atom stereocenters. The van der Waals surface area contributed by atoms with E-state index in [0.29, 0.717) is 21.3 Å². The molecule has 1 saturated heterocycles. The van der Waals surface area contributed by atoms with Crippen LogP contribution in [0.25, 0.3) is 0 Å². The highest BCUT2D eigenvalue weighted by Gasteiger charge is 2.49. The predicted octanol–water partition coefficient (Wildman–Crippen LogP) is 4.02. The van der Waals surface area contributed by atoms with E-state index in [1.165, 1.54) is 4.90 Å². The fraction of sp³-hybridized carbons (Fsp3) is 0.273. The molecule has 0 aliphatic carbocycles. The van der Waals surface area contributed by atoms with Crippen molar-refractivity contribution in [3.8, 4) is 6.07 Å². The van der Waals surface area contributed by atoms with Gasteiger partial charge in [-0.25, -0.2) is 4.79 Å². The van der Waals surface area contributed by atoms with Gasteiger partial charge in [0.25, 0.3) is 5.91 Å². The van der Waals surface area contributed by atoms with Gasteiger partial charge in [0, 0.05) is 22.3 Å². The quantitative estimate of drug-likeness (QED) is 0.661. The monoisotopic (exact) mass is 458 g/mol. The van der Waals surface area contributed by atoms with E-state index < -0.39 is 29.9 Å². The fourth-order valence-electron chi connectivity index (χ4n) is 3.41. The van der Waals surface area contributed by atoms with Crippen LogP contribution in [0.3, 0.4) is 0 Å². The molecule has 2 aromatic rings. The number of hydrogen-bond acceptors (Lipinski definition) is 4. The Hall–Kier alpha value is -3.08. The number of imide groups is 1. The Bertz CT molecular complexity index is 1100. The zero-order valence-electron chi connectivity index (χ0n) is 17.0. The number of rotatable bonds is 6. The Morgan fingerprint density at radius 3 is 2.61 bits per heavy atom. The number of aryl methyl sites for hydroxylation is 1. The summed E-state index contributed by atoms with van der Waals surface area (Å²) >= 11 is 12.1. The number of nitrogens with one attached hydrogen (secondary N) is 1. The summed E-state index contributed by atoms with van der Waals surface area (Å²) in [5.41, 5.74) is 0.476. The summed E-state index contributed by atoms with van der Waals surface area (Å²) in [6, 6.07) is 13.0. The number of nitrogens with zero attached hydrogens (tertiary/aromatic N) is 3. The van der Waals surface area contributed by atoms with E-state index in [1.54, 1.807) is 56.3 Å². The maximum absolute atomic E-state index is 13.1. The standard InChI is InChI=1S/C22H20Cl2N4O3/c1-14-11-17(7-8-18(14)24)27(10-4-9-25)19(29)13-28-20(30)22(2,26-21(28)31)15-5-3-6-16(23)12-15/h3,5-8,11-12H,4,10,13H2,1-2H3,(H,26,31). The third kappa shape index (κ3) is 4.50. The van der Waals surface area contributed by atoms with E-state index in [1.807, 2.05) is 6.07 Å². The minimum absolute atomic E-state index is 0.0911. The van der Waals surface area contributed by atoms with Crippen molar-refractivity contribution in [3.63, 3.8) is 0 Å². The first kappa shape index (κ1) is 22.6. The Kier molecular flexibility index (Phi) is 6.54. The van der Waals surface area contributed by atoms with Gasteiger partial charge in [-0.2, -0.15) is 5.26 Å². The van der Waals surface area contributed by atoms with E-state index >= 15 is 0 Å². The van der Waals surface area contributed by atoms with Crippen molar-refractivity contribution in [2.24, 2.45) is 0 Å². The van der Waals surface area contributed by atoms with Gasteiger partial charge in [-0.1, -0.05) is 35.3 Å². The van der Waals surface area contributed by atoms with Gasteiger partial charge in [-0.05, 0) is 55.3 Å². The maximum atomic E-state index is 13.1. The van der Waals surface area contributed by atoms with E-state index in [-0.39, 0.29) is 13.0 Å². The molecule has 7 nitrogen and oxygen atoms in total. The smallest absolute Gasteiger partial charge is 0.319 e. The topological polar surface area (TPSA) is 93.5 Å². The summed E-state index contributed by atoms with van der Waals surface area (Å²) in [5.74, 6) is -1.04. The first-order valence-electron chi connectivity index (χ1n) is 9.51. The van der Waals surface area contributed by atoms with Crippen LogP contribution in [0, 0.1) is 18.3 Å². The largest absolute Gasteiger partial charge is 0.325 e. The summed E-state index contributed by atoms with van der Waals surface area (Å²) in [6.45, 7) is 3.02. The number of nitriles is 1. The van der Waals surface area contributed by atoms with Crippen LogP contribution in [0.1, 0.15) is 24.5 Å². The van der Waals surface area contributed by atoms with Gasteiger partial charge >= 0.3 is 6.03 Å². The van der Waals surface area contributed by atoms with Crippen molar-refractivity contribution in [1.82, 2.24) is 10.2 Å². The normalized spacial score (nSPS) is 18.0. The van der Waals surface area contributed by atoms with Crippen LogP contribution >= 0.6 is 23.2 Å². The second kappa shape index (κ2) is 8.96. The molecule has 9 heteroatoms. The number of benzene rings is 2. The lowest BCUT2D eigenvalue weighted by Gasteiger charge is -2.25. The van der Waals surface area contributed by atoms with Gasteiger partial charge in [-0.3, -0.25) is 14.5 Å². The van der Waals surface area contributed by atoms with Crippen molar-refractivity contribution in [1.29, 1.82) is 5.26 Å². The third-order valence-electron chi connectivity index (χ3n) is 5.17. The lowest BCUT2D eigenvalue weighted by atomic mass is 9.92. The lowest BCUT2D eigenvalue weighted by molar-refractivity contribution is -0.134. The van der Waals surface area contributed by atoms with Crippen LogP contribution in [0.5, 0.6) is 0 Å². The molecule has 0 spiro atoms. The van der Waals surface area contributed by atoms with Gasteiger partial charge in [0.1, 0.15) is 12.1 Å². The number of carbonyl (C=O) groups excluding carboxylic acids is 3. The lowest BCUT2D eigenvalue weighted by Crippen LogP contribution is -2.45. The Morgan fingerprint density at radius 2 is 1.97 bits per heavy atom. The van der Waals surface area contributed by atoms with Gasteiger partial charge < -0.3 is 10.2 Å². The summed E-state index contributed by atoms with van der Waals surface area (Å²) in [4.78, 5) is 41.0. The molecule has 1 N–H and O–H groups in total. The van der Waals surface area contributed by atoms with Crippen molar-refractivity contribution < 1.29 is 14.4 Å². The van der Waals surface area contributed by atoms with Crippen LogP contribution in [0.2, 0.25) is 10.0 Å². The number of halogens is 2. The molecule has 31 heavy (non-hydrogen) atoms. The average molecular weight is 459 g/mol. The summed E-state index contributed by atoms with van der Waals surface area (Å²) in [5, 5.41) is 12.6. The highest BCUT2D eigenvalue weighted by molar-refractivity contribution is 6.31. The second-order valence-corrected chi connectivity index (χ2v) is 8.19. The number of anilines is 1. The van der Waals surface area contributed by atoms with Gasteiger partial charge in [0.2, 0.25) is 5.91 Å². The average Bonchev–Trinajstić information content (AvgIpc) is 2.95. The van der Waals surface area contributed by atoms with Crippen LogP contribution < -0.4 is 10.2 Å². The van der Waals surface area contributed by atoms with E-state index in [4.69, 9.17) is 28.5 Å². The molecular weight excluding hydrogens is 439 g/mol. The Balaban J connectivity index is 1.86. The van der Waals surface area contributed by atoms with Crippen LogP contribution in [-0.4, -0.2) is 35.8 Å². The van der Waals surface area contributed by atoms with Crippen LogP contribution in [-0.2, 0) is 15.1 Å². The number of carbonyl (C=O) groups is 3. The molecule has 0 saturated carbocycles. The highest BCUT2D eigenvalue weighted by atomic mass is 35.5. The molecule has 160 valence electrons. The molecule has 0 radical (unpaired) electrons. The number of amides is 4. The molecule has 1 fully saturated rings. The Morgan fingerprint density at radius 1 is 1.23 bits per heavy atom. The molecule has 0 bridgehead atoms. The molecule has 0 aromatic heterocycles. The molecule has 2 aromatic carbocycles. The fourth-order valence-corrected chi connectivity index (χ4v) is 3.72. The van der Waals surface area contributed by atoms with Crippen molar-refractivity contribution in [2.45, 2.75) is 25.8 Å². The maximum Gasteiger partial charge on any atom is 0.325 e. The van der Waals surface area contributed by atoms with Crippen molar-refractivity contribution in [2.75, 3.05) is 18.0 Å². The summed E-state index contributed by atoms with van der Waals surface area (Å²) < 4.78 is 0. The predicted molar refractivity (Wildman–Crippen MR) is 118 cm³/mol. The molecule has 1 aliphatic rings. The molecule has 1 atom stereocenters. The SMILES string of the molecule is Cc1cc(N(CCC#N)C(=O)CN2C(=O)NC(C)(c3cccc(Cl)c3)C2=O)ccc1Cl. The molecule has 1 aliphatic heterocycles. The zero-order valence-corrected chi connectivity index (χ0v) is 18.5. The van der Waals surface area contributed by atoms with E-state index in [2.05, 4.69) is 5.32 Å². The second-order valence-electron chi connectivity index (χ2n) is 7.34. The number of urea groups is 1. The van der Waals surface area contributed by atoms with E-state index in [9.17, 15) is 14.4 Å². The van der Waals surface area contributed by atoms with Gasteiger partial charge in [0.05, 0.1) is 12.5 Å². The molecule has 4 amide bonds.